The molecule has 4 heavy (non-hydrogen) atoms. The summed E-state index contributed by atoms with van der Waals surface area (Å²) in [6.45, 7) is 0. The van der Waals surface area contributed by atoms with Crippen molar-refractivity contribution in [3.63, 3.8) is 0 Å². The summed E-state index contributed by atoms with van der Waals surface area (Å²) in [4.78, 5) is 0. The van der Waals surface area contributed by atoms with Gasteiger partial charge in [0.1, 0.15) is 0 Å². The van der Waals surface area contributed by atoms with Gasteiger partial charge in [-0.15, -0.1) is 0 Å². The largest absolute Gasteiger partial charge is 0.0125 e. The summed E-state index contributed by atoms with van der Waals surface area (Å²) in [5.74, 6) is 0. The number of hydrogen-bond acceptors (Lipinski definition) is 0. The predicted octanol–water partition coefficient (Wildman–Crippen LogP) is -1.19. The Morgan fingerprint density at radius 3 is 1.00 bits per heavy atom. The second-order valence-electron chi connectivity index (χ2n) is 0. The average Bonchev–Trinajstić information content (AvgIpc) is 0. The van der Waals surface area contributed by atoms with Crippen LogP contribution in [0.15, 0.2) is 0 Å². The van der Waals surface area contributed by atoms with Crippen LogP contribution in [0.25, 0.3) is 0 Å². The smallest absolute Gasteiger partial charge is 0 e. The Labute approximate surface area is 62.2 Å². The first-order chi connectivity index (χ1) is 0. The van der Waals surface area contributed by atoms with Gasteiger partial charge in [0.05, 0.1) is 0 Å². The van der Waals surface area contributed by atoms with Crippen LogP contribution in [-0.2, 0) is 51.5 Å². The van der Waals surface area contributed by atoms with Crippen LogP contribution in [0.1, 0.15) is 0 Å². The molecule has 0 aromatic heterocycles. The minimum atomic E-state index is 0. The van der Waals surface area contributed by atoms with Crippen molar-refractivity contribution in [1.29, 1.82) is 0 Å². The molecule has 0 spiro atoms. The summed E-state index contributed by atoms with van der Waals surface area (Å²) < 4.78 is 0. The van der Waals surface area contributed by atoms with E-state index in [-0.39, 0.29) is 62.5 Å². The van der Waals surface area contributed by atoms with Crippen LogP contribution < -0.4 is 0 Å². The van der Waals surface area contributed by atoms with Crippen molar-refractivity contribution < 1.29 is 51.5 Å². The van der Waals surface area contributed by atoms with Gasteiger partial charge in [0, 0.05) is 51.5 Å². The monoisotopic (exact) mass is 194 g/mol. The van der Waals surface area contributed by atoms with Crippen molar-refractivity contribution in [1.82, 2.24) is 0 Å². The van der Waals surface area contributed by atoms with Gasteiger partial charge in [-0.1, -0.05) is 0 Å². The molecule has 0 N–H and O–H groups in total. The first kappa shape index (κ1) is 41.5. The third kappa shape index (κ3) is 9.21. The van der Waals surface area contributed by atoms with Gasteiger partial charge in [-0.2, -0.15) is 0 Å². The Hall–Kier alpha value is 1.79. The second kappa shape index (κ2) is 21.5. The summed E-state index contributed by atoms with van der Waals surface area (Å²) >= 11 is 0. The standard InChI is InChI=1S/Cr.Fe.Mn.H3Si/h;;;1H3. The third-order valence-corrected chi connectivity index (χ3v) is 0. The van der Waals surface area contributed by atoms with E-state index in [4.69, 9.17) is 0 Å². The van der Waals surface area contributed by atoms with Crippen molar-refractivity contribution in [2.75, 3.05) is 0 Å². The summed E-state index contributed by atoms with van der Waals surface area (Å²) in [5, 5.41) is 0. The first-order valence-corrected chi connectivity index (χ1v) is 0. The van der Waals surface area contributed by atoms with E-state index >= 15 is 0 Å². The van der Waals surface area contributed by atoms with Crippen LogP contribution in [0.2, 0.25) is 0 Å². The molecule has 0 amide bonds. The summed E-state index contributed by atoms with van der Waals surface area (Å²) in [5.41, 5.74) is 0. The van der Waals surface area contributed by atoms with Gasteiger partial charge in [-0.05, 0) is 11.0 Å². The third-order valence-electron chi connectivity index (χ3n) is 0. The van der Waals surface area contributed by atoms with Gasteiger partial charge < -0.3 is 0 Å². The normalized spacial score (nSPS) is 0. The maximum absolute atomic E-state index is 0. The number of hydrogen-bond donors (Lipinski definition) is 0. The van der Waals surface area contributed by atoms with Gasteiger partial charge >= 0.3 is 0 Å². The Morgan fingerprint density at radius 2 is 1.00 bits per heavy atom. The molecule has 0 aromatic rings. The molecule has 0 aliphatic heterocycles. The second-order valence-corrected chi connectivity index (χ2v) is 0. The Kier molecular flexibility index (Phi) is 223. The van der Waals surface area contributed by atoms with Crippen LogP contribution in [0.4, 0.5) is 0 Å². The van der Waals surface area contributed by atoms with E-state index in [1.54, 1.807) is 0 Å². The van der Waals surface area contributed by atoms with Crippen molar-refractivity contribution in [3.05, 3.63) is 0 Å². The molecule has 0 atom stereocenters. The first-order valence-electron chi connectivity index (χ1n) is 0. The summed E-state index contributed by atoms with van der Waals surface area (Å²) in [7, 11) is 0. The molecule has 28 valence electrons. The molecule has 0 aliphatic rings. The molecule has 0 heterocycles. The van der Waals surface area contributed by atoms with Gasteiger partial charge in [-0.3, -0.25) is 0 Å². The van der Waals surface area contributed by atoms with Crippen LogP contribution in [-0.4, -0.2) is 11.0 Å². The topological polar surface area (TPSA) is 0 Å². The van der Waals surface area contributed by atoms with E-state index in [1.807, 2.05) is 0 Å². The molecular weight excluding hydrogens is 191 g/mol. The predicted molar refractivity (Wildman–Crippen MR) is 9.94 cm³/mol. The fraction of sp³-hybridized carbons (Fsp3) is 0. The molecule has 0 unspecified atom stereocenters. The molecule has 4 heteroatoms. The Morgan fingerprint density at radius 1 is 1.00 bits per heavy atom. The van der Waals surface area contributed by atoms with Crippen LogP contribution in [0, 0.1) is 0 Å². The Bertz CT molecular complexity index is 8.00. The zero-order valence-electron chi connectivity index (χ0n) is 2.14. The average molecular weight is 194 g/mol. The molecule has 0 saturated heterocycles. The SMILES string of the molecule is [Cr].[Fe].[Mn].[SiH3]. The minimum absolute atomic E-state index is 0. The van der Waals surface area contributed by atoms with Gasteiger partial charge in [0.15, 0.2) is 0 Å². The van der Waals surface area contributed by atoms with Gasteiger partial charge in [0.2, 0.25) is 0 Å². The van der Waals surface area contributed by atoms with Crippen LogP contribution >= 0.6 is 0 Å². The maximum Gasteiger partial charge on any atom is 0 e. The molecule has 0 saturated carbocycles. The minimum Gasteiger partial charge on any atom is -0.0125 e. The van der Waals surface area contributed by atoms with Crippen molar-refractivity contribution >= 4 is 11.0 Å². The molecule has 0 rings (SSSR count). The fourth-order valence-electron chi connectivity index (χ4n) is 0. The van der Waals surface area contributed by atoms with E-state index in [9.17, 15) is 0 Å². The fourth-order valence-corrected chi connectivity index (χ4v) is 0. The zero-order valence-corrected chi connectivity index (χ0v) is 7.70. The van der Waals surface area contributed by atoms with E-state index < -0.39 is 0 Å². The number of rotatable bonds is 0. The van der Waals surface area contributed by atoms with Crippen molar-refractivity contribution in [2.45, 2.75) is 0 Å². The van der Waals surface area contributed by atoms with Crippen molar-refractivity contribution in [2.24, 2.45) is 0 Å². The Balaban J connectivity index is 0. The van der Waals surface area contributed by atoms with Crippen LogP contribution in [0.5, 0.6) is 0 Å². The molecule has 0 bridgehead atoms. The van der Waals surface area contributed by atoms with Crippen molar-refractivity contribution in [3.8, 4) is 0 Å². The molecular formula is H3CrFeMnSi. The van der Waals surface area contributed by atoms with Crippen LogP contribution in [0.3, 0.4) is 0 Å². The molecule has 0 aromatic carbocycles. The summed E-state index contributed by atoms with van der Waals surface area (Å²) in [6.07, 6.45) is 0. The molecule has 0 fully saturated rings. The molecule has 2 radical (unpaired) electrons. The molecule has 0 nitrogen and oxygen atoms in total. The maximum atomic E-state index is 0. The molecule has 0 aliphatic carbocycles. The quantitative estimate of drug-likeness (QED) is 0.425. The van der Waals surface area contributed by atoms with E-state index in [1.165, 1.54) is 0 Å². The van der Waals surface area contributed by atoms with Gasteiger partial charge in [0.25, 0.3) is 0 Å². The zero-order chi connectivity index (χ0) is 0. The van der Waals surface area contributed by atoms with E-state index in [2.05, 4.69) is 0 Å². The van der Waals surface area contributed by atoms with Gasteiger partial charge in [-0.25, -0.2) is 0 Å². The summed E-state index contributed by atoms with van der Waals surface area (Å²) in [6, 6.07) is 0. The van der Waals surface area contributed by atoms with E-state index in [0.29, 0.717) is 0 Å². The van der Waals surface area contributed by atoms with E-state index in [0.717, 1.165) is 0 Å².